The lowest BCUT2D eigenvalue weighted by Gasteiger charge is -2.19. The standard InChI is InChI=1S/C21H25N5O3/c1-24(2)7-8-25-13-15(10-20(25)27)17-12-21(28)26-19(22-17)11-18(23-26)14-5-4-6-16(9-14)29-3/h4-6,9,11-12,15,23H,7-8,10,13H2,1-3H3. The number of rotatable bonds is 6. The fourth-order valence-electron chi connectivity index (χ4n) is 3.66. The maximum atomic E-state index is 12.7. The largest absolute Gasteiger partial charge is 0.497 e. The van der Waals surface area contributed by atoms with E-state index in [1.165, 1.54) is 10.6 Å². The van der Waals surface area contributed by atoms with Crippen molar-refractivity contribution in [3.8, 4) is 17.0 Å². The van der Waals surface area contributed by atoms with Gasteiger partial charge in [-0.1, -0.05) is 12.1 Å². The zero-order chi connectivity index (χ0) is 20.5. The van der Waals surface area contributed by atoms with E-state index in [2.05, 4.69) is 15.0 Å². The SMILES string of the molecule is COc1cccc(-c2cc3nc(C4CC(=O)N(CCN(C)C)C4)cc(=O)n3[nH]2)c1. The number of nitrogens with one attached hydrogen (secondary N) is 1. The smallest absolute Gasteiger partial charge is 0.272 e. The highest BCUT2D eigenvalue weighted by atomic mass is 16.5. The zero-order valence-electron chi connectivity index (χ0n) is 16.9. The molecule has 3 aromatic rings. The lowest BCUT2D eigenvalue weighted by atomic mass is 10.0. The molecule has 0 spiro atoms. The fraction of sp³-hybridized carbons (Fsp3) is 0.381. The highest BCUT2D eigenvalue weighted by Crippen LogP contribution is 2.27. The summed E-state index contributed by atoms with van der Waals surface area (Å²) in [5, 5.41) is 3.10. The minimum atomic E-state index is -0.182. The first-order valence-corrected chi connectivity index (χ1v) is 9.64. The van der Waals surface area contributed by atoms with Crippen LogP contribution in [0.25, 0.3) is 16.9 Å². The first kappa shape index (κ1) is 19.2. The van der Waals surface area contributed by atoms with Crippen molar-refractivity contribution in [2.45, 2.75) is 12.3 Å². The summed E-state index contributed by atoms with van der Waals surface area (Å²) in [6.07, 6.45) is 0.392. The number of H-pyrrole nitrogens is 1. The third-order valence-electron chi connectivity index (χ3n) is 5.30. The van der Waals surface area contributed by atoms with Gasteiger partial charge in [0.2, 0.25) is 5.91 Å². The molecule has 1 amide bonds. The number of methoxy groups -OCH3 is 1. The van der Waals surface area contributed by atoms with Gasteiger partial charge in [0.1, 0.15) is 5.75 Å². The Morgan fingerprint density at radius 1 is 1.24 bits per heavy atom. The van der Waals surface area contributed by atoms with Gasteiger partial charge in [0.15, 0.2) is 5.65 Å². The van der Waals surface area contributed by atoms with Gasteiger partial charge in [-0.25, -0.2) is 9.50 Å². The predicted molar refractivity (Wildman–Crippen MR) is 110 cm³/mol. The number of amides is 1. The van der Waals surface area contributed by atoms with Crippen LogP contribution in [0.3, 0.4) is 0 Å². The van der Waals surface area contributed by atoms with Crippen molar-refractivity contribution < 1.29 is 9.53 Å². The fourth-order valence-corrected chi connectivity index (χ4v) is 3.66. The minimum absolute atomic E-state index is 0.0578. The van der Waals surface area contributed by atoms with Crippen LogP contribution in [0.1, 0.15) is 18.0 Å². The van der Waals surface area contributed by atoms with Crippen LogP contribution < -0.4 is 10.3 Å². The lowest BCUT2D eigenvalue weighted by molar-refractivity contribution is -0.127. The van der Waals surface area contributed by atoms with Crippen LogP contribution in [0.2, 0.25) is 0 Å². The first-order valence-electron chi connectivity index (χ1n) is 9.64. The molecule has 4 rings (SSSR count). The van der Waals surface area contributed by atoms with Crippen LogP contribution >= 0.6 is 0 Å². The number of aromatic amines is 1. The molecule has 8 nitrogen and oxygen atoms in total. The number of fused-ring (bicyclic) bond motifs is 1. The number of carbonyl (C=O) groups excluding carboxylic acids is 1. The summed E-state index contributed by atoms with van der Waals surface area (Å²) in [7, 11) is 5.59. The number of carbonyl (C=O) groups is 1. The summed E-state index contributed by atoms with van der Waals surface area (Å²) in [5.74, 6) is 0.798. The molecule has 2 aromatic heterocycles. The van der Waals surface area contributed by atoms with Gasteiger partial charge in [-0.05, 0) is 26.2 Å². The third kappa shape index (κ3) is 3.88. The van der Waals surface area contributed by atoms with Crippen molar-refractivity contribution in [1.82, 2.24) is 24.4 Å². The van der Waals surface area contributed by atoms with Crippen molar-refractivity contribution >= 4 is 11.6 Å². The van der Waals surface area contributed by atoms with E-state index >= 15 is 0 Å². The van der Waals surface area contributed by atoms with E-state index in [0.717, 1.165) is 23.6 Å². The Labute approximate surface area is 168 Å². The molecule has 3 heterocycles. The maximum Gasteiger partial charge on any atom is 0.272 e. The first-order chi connectivity index (χ1) is 13.9. The van der Waals surface area contributed by atoms with E-state index in [9.17, 15) is 9.59 Å². The molecule has 29 heavy (non-hydrogen) atoms. The second kappa shape index (κ2) is 7.71. The van der Waals surface area contributed by atoms with E-state index in [1.807, 2.05) is 49.3 Å². The molecule has 0 saturated carbocycles. The summed E-state index contributed by atoms with van der Waals surface area (Å²) in [4.78, 5) is 33.6. The number of hydrogen-bond donors (Lipinski definition) is 1. The number of benzene rings is 1. The van der Waals surface area contributed by atoms with E-state index in [0.29, 0.717) is 30.9 Å². The van der Waals surface area contributed by atoms with Crippen molar-refractivity contribution in [2.75, 3.05) is 40.8 Å². The van der Waals surface area contributed by atoms with Gasteiger partial charge < -0.3 is 14.5 Å². The van der Waals surface area contributed by atoms with Crippen molar-refractivity contribution in [2.24, 2.45) is 0 Å². The van der Waals surface area contributed by atoms with Crippen LogP contribution in [0, 0.1) is 0 Å². The summed E-state index contributed by atoms with van der Waals surface area (Å²) < 4.78 is 6.71. The lowest BCUT2D eigenvalue weighted by Crippen LogP contribution is -2.32. The predicted octanol–water partition coefficient (Wildman–Crippen LogP) is 1.58. The monoisotopic (exact) mass is 395 g/mol. The summed E-state index contributed by atoms with van der Waals surface area (Å²) in [6.45, 7) is 2.10. The van der Waals surface area contributed by atoms with E-state index in [4.69, 9.17) is 4.74 Å². The molecule has 1 unspecified atom stereocenters. The molecule has 0 aliphatic carbocycles. The number of ether oxygens (including phenoxy) is 1. The molecule has 1 aliphatic rings. The Balaban J connectivity index is 1.62. The zero-order valence-corrected chi connectivity index (χ0v) is 16.9. The number of likely N-dealkylation sites (N-methyl/N-ethyl adjacent to an activating group) is 1. The molecule has 1 saturated heterocycles. The van der Waals surface area contributed by atoms with Crippen molar-refractivity contribution in [1.29, 1.82) is 0 Å². The molecule has 1 fully saturated rings. The quantitative estimate of drug-likeness (QED) is 0.685. The Kier molecular flexibility index (Phi) is 5.10. The van der Waals surface area contributed by atoms with Gasteiger partial charge in [-0.15, -0.1) is 0 Å². The molecule has 1 N–H and O–H groups in total. The number of aromatic nitrogens is 3. The molecule has 0 bridgehead atoms. The Morgan fingerprint density at radius 3 is 2.83 bits per heavy atom. The molecule has 1 aromatic carbocycles. The maximum absolute atomic E-state index is 12.7. The normalized spacial score (nSPS) is 16.9. The van der Waals surface area contributed by atoms with Crippen molar-refractivity contribution in [3.05, 3.63) is 52.4 Å². The van der Waals surface area contributed by atoms with Gasteiger partial charge in [-0.3, -0.25) is 14.7 Å². The molecule has 8 heteroatoms. The second-order valence-electron chi connectivity index (χ2n) is 7.66. The molecule has 1 atom stereocenters. The summed E-state index contributed by atoms with van der Waals surface area (Å²) >= 11 is 0. The topological polar surface area (TPSA) is 82.9 Å². The second-order valence-corrected chi connectivity index (χ2v) is 7.66. The highest BCUT2D eigenvalue weighted by Gasteiger charge is 2.31. The third-order valence-corrected chi connectivity index (χ3v) is 5.30. The van der Waals surface area contributed by atoms with Crippen LogP contribution in [-0.4, -0.2) is 71.1 Å². The Bertz CT molecular complexity index is 1100. The van der Waals surface area contributed by atoms with E-state index in [-0.39, 0.29) is 17.4 Å². The van der Waals surface area contributed by atoms with Gasteiger partial charge >= 0.3 is 0 Å². The van der Waals surface area contributed by atoms with Gasteiger partial charge in [-0.2, -0.15) is 0 Å². The van der Waals surface area contributed by atoms with E-state index < -0.39 is 0 Å². The highest BCUT2D eigenvalue weighted by molar-refractivity contribution is 5.79. The summed E-state index contributed by atoms with van der Waals surface area (Å²) in [5.41, 5.74) is 2.72. The Morgan fingerprint density at radius 2 is 2.07 bits per heavy atom. The minimum Gasteiger partial charge on any atom is -0.497 e. The van der Waals surface area contributed by atoms with Crippen LogP contribution in [0.4, 0.5) is 0 Å². The van der Waals surface area contributed by atoms with Crippen molar-refractivity contribution in [3.63, 3.8) is 0 Å². The average Bonchev–Trinajstić information content (AvgIpc) is 3.30. The van der Waals surface area contributed by atoms with Gasteiger partial charge in [0.25, 0.3) is 5.56 Å². The number of likely N-dealkylation sites (tertiary alicyclic amines) is 1. The van der Waals surface area contributed by atoms with E-state index in [1.54, 1.807) is 7.11 Å². The van der Waals surface area contributed by atoms with Crippen LogP contribution in [0.5, 0.6) is 5.75 Å². The molecule has 1 aliphatic heterocycles. The number of hydrogen-bond acceptors (Lipinski definition) is 5. The molecule has 152 valence electrons. The molecule has 0 radical (unpaired) electrons. The average molecular weight is 395 g/mol. The van der Waals surface area contributed by atoms with Crippen LogP contribution in [0.15, 0.2) is 41.2 Å². The Hall–Kier alpha value is -3.13. The summed E-state index contributed by atoms with van der Waals surface area (Å²) in [6, 6.07) is 11.0. The molecular formula is C21H25N5O3. The number of nitrogens with zero attached hydrogens (tertiary/aromatic N) is 4. The molecular weight excluding hydrogens is 370 g/mol. The van der Waals surface area contributed by atoms with Gasteiger partial charge in [0, 0.05) is 49.7 Å². The van der Waals surface area contributed by atoms with Crippen LogP contribution in [-0.2, 0) is 4.79 Å². The van der Waals surface area contributed by atoms with Gasteiger partial charge in [0.05, 0.1) is 18.5 Å².